The molecule has 1 saturated carbocycles. The first-order valence-electron chi connectivity index (χ1n) is 3.65. The average molecular weight is 135 g/mol. The normalized spacial score (nSPS) is 41.8. The van der Waals surface area contributed by atoms with Crippen molar-refractivity contribution in [1.82, 2.24) is 0 Å². The molecule has 0 amide bonds. The van der Waals surface area contributed by atoms with Gasteiger partial charge in [-0.15, -0.1) is 0 Å². The summed E-state index contributed by atoms with van der Waals surface area (Å²) in [5.74, 6) is 1.25. The molecule has 0 N–H and O–H groups in total. The minimum Gasteiger partial charge on any atom is -0.211 e. The Hall–Kier alpha value is -0.880. The van der Waals surface area contributed by atoms with Crippen LogP contribution in [0.15, 0.2) is 17.1 Å². The zero-order valence-corrected chi connectivity index (χ0v) is 5.66. The molecule has 0 aromatic carbocycles. The maximum Gasteiger partial charge on any atom is 0.235 e. The van der Waals surface area contributed by atoms with Crippen LogP contribution in [0, 0.1) is 11.8 Å². The highest BCUT2D eigenvalue weighted by molar-refractivity contribution is 5.34. The molecule has 3 atom stereocenters. The molecule has 2 nitrogen and oxygen atoms in total. The Labute approximate surface area is 59.6 Å². The first kappa shape index (κ1) is 5.87. The number of aliphatic imine (C=N–C) groups is 1. The Kier molecular flexibility index (Phi) is 1.21. The van der Waals surface area contributed by atoms with Gasteiger partial charge in [0.1, 0.15) is 0 Å². The minimum atomic E-state index is 0.257. The number of hydrogen-bond acceptors (Lipinski definition) is 2. The van der Waals surface area contributed by atoms with E-state index in [1.54, 1.807) is 6.08 Å². The first-order chi connectivity index (χ1) is 4.90. The van der Waals surface area contributed by atoms with Crippen molar-refractivity contribution in [3.8, 4) is 0 Å². The fraction of sp³-hybridized carbons (Fsp3) is 0.625. The van der Waals surface area contributed by atoms with Gasteiger partial charge in [0.05, 0.1) is 6.04 Å². The lowest BCUT2D eigenvalue weighted by atomic mass is 10.0. The minimum absolute atomic E-state index is 0.257. The van der Waals surface area contributed by atoms with E-state index < -0.39 is 0 Å². The second-order valence-electron chi connectivity index (χ2n) is 3.07. The fourth-order valence-corrected chi connectivity index (χ4v) is 1.97. The predicted molar refractivity (Wildman–Crippen MR) is 37.3 cm³/mol. The first-order valence-corrected chi connectivity index (χ1v) is 3.65. The molecule has 1 fully saturated rings. The van der Waals surface area contributed by atoms with Gasteiger partial charge in [0.2, 0.25) is 6.08 Å². The SMILES string of the molecule is O=C=N[C@@H]1C[C@H]2C=C[C@@H]1C2. The van der Waals surface area contributed by atoms with Gasteiger partial charge < -0.3 is 0 Å². The van der Waals surface area contributed by atoms with Crippen molar-refractivity contribution in [3.63, 3.8) is 0 Å². The van der Waals surface area contributed by atoms with Gasteiger partial charge in [0.15, 0.2) is 0 Å². The summed E-state index contributed by atoms with van der Waals surface area (Å²) in [6.45, 7) is 0. The van der Waals surface area contributed by atoms with Crippen LogP contribution in [0.5, 0.6) is 0 Å². The van der Waals surface area contributed by atoms with Crippen LogP contribution in [0.2, 0.25) is 0 Å². The molecule has 0 radical (unpaired) electrons. The van der Waals surface area contributed by atoms with Gasteiger partial charge >= 0.3 is 0 Å². The topological polar surface area (TPSA) is 29.4 Å². The molecule has 0 aromatic rings. The smallest absolute Gasteiger partial charge is 0.211 e. The standard InChI is InChI=1S/C8H9NO/c10-5-9-8-4-6-1-2-7(8)3-6/h1-2,6-8H,3-4H2/t6-,7+,8+/m0/s1. The number of fused-ring (bicyclic) bond motifs is 2. The summed E-state index contributed by atoms with van der Waals surface area (Å²) in [6, 6.07) is 0.257. The highest BCUT2D eigenvalue weighted by atomic mass is 16.1. The largest absolute Gasteiger partial charge is 0.235 e. The Morgan fingerprint density at radius 2 is 2.30 bits per heavy atom. The van der Waals surface area contributed by atoms with Crippen molar-refractivity contribution in [3.05, 3.63) is 12.2 Å². The maximum absolute atomic E-state index is 9.92. The molecule has 52 valence electrons. The van der Waals surface area contributed by atoms with Crippen LogP contribution in [-0.2, 0) is 4.79 Å². The average Bonchev–Trinajstić information content (AvgIpc) is 2.48. The highest BCUT2D eigenvalue weighted by Gasteiger charge is 2.35. The molecule has 0 aromatic heterocycles. The quantitative estimate of drug-likeness (QED) is 0.302. The van der Waals surface area contributed by atoms with Gasteiger partial charge in [-0.2, -0.15) is 0 Å². The molecule has 0 spiro atoms. The Morgan fingerprint density at radius 3 is 2.80 bits per heavy atom. The van der Waals surface area contributed by atoms with E-state index in [0.29, 0.717) is 11.8 Å². The van der Waals surface area contributed by atoms with E-state index in [4.69, 9.17) is 0 Å². The number of hydrogen-bond donors (Lipinski definition) is 0. The summed E-state index contributed by atoms with van der Waals surface area (Å²) >= 11 is 0. The van der Waals surface area contributed by atoms with Crippen LogP contribution in [-0.4, -0.2) is 12.1 Å². The number of rotatable bonds is 1. The molecule has 2 aliphatic carbocycles. The summed E-state index contributed by atoms with van der Waals surface area (Å²) in [6.07, 6.45) is 8.32. The number of isocyanates is 1. The van der Waals surface area contributed by atoms with Crippen LogP contribution in [0.25, 0.3) is 0 Å². The van der Waals surface area contributed by atoms with Gasteiger partial charge in [0, 0.05) is 5.92 Å². The van der Waals surface area contributed by atoms with Crippen LogP contribution in [0.1, 0.15) is 12.8 Å². The van der Waals surface area contributed by atoms with E-state index in [1.165, 1.54) is 6.42 Å². The van der Waals surface area contributed by atoms with Gasteiger partial charge in [-0.1, -0.05) is 12.2 Å². The molecule has 10 heavy (non-hydrogen) atoms. The molecule has 0 heterocycles. The van der Waals surface area contributed by atoms with Gasteiger partial charge in [-0.3, -0.25) is 0 Å². The number of nitrogens with zero attached hydrogens (tertiary/aromatic N) is 1. The summed E-state index contributed by atoms with van der Waals surface area (Å²) in [5.41, 5.74) is 0. The van der Waals surface area contributed by atoms with E-state index in [9.17, 15) is 4.79 Å². The van der Waals surface area contributed by atoms with Crippen LogP contribution < -0.4 is 0 Å². The molecule has 2 bridgehead atoms. The lowest BCUT2D eigenvalue weighted by molar-refractivity contribution is 0.537. The summed E-state index contributed by atoms with van der Waals surface area (Å²) in [7, 11) is 0. The van der Waals surface area contributed by atoms with Gasteiger partial charge in [0.25, 0.3) is 0 Å². The Bertz CT molecular complexity index is 215. The van der Waals surface area contributed by atoms with Gasteiger partial charge in [-0.05, 0) is 18.8 Å². The van der Waals surface area contributed by atoms with E-state index in [2.05, 4.69) is 17.1 Å². The van der Waals surface area contributed by atoms with Crippen molar-refractivity contribution >= 4 is 6.08 Å². The van der Waals surface area contributed by atoms with Gasteiger partial charge in [-0.25, -0.2) is 9.79 Å². The van der Waals surface area contributed by atoms with Crippen molar-refractivity contribution in [2.75, 3.05) is 0 Å². The zero-order chi connectivity index (χ0) is 6.97. The van der Waals surface area contributed by atoms with Crippen molar-refractivity contribution in [2.24, 2.45) is 16.8 Å². The summed E-state index contributed by atoms with van der Waals surface area (Å²) in [4.78, 5) is 13.7. The Balaban J connectivity index is 2.16. The second-order valence-corrected chi connectivity index (χ2v) is 3.07. The molecular weight excluding hydrogens is 126 g/mol. The lowest BCUT2D eigenvalue weighted by Crippen LogP contribution is -2.09. The fourth-order valence-electron chi connectivity index (χ4n) is 1.97. The second kappa shape index (κ2) is 2.06. The van der Waals surface area contributed by atoms with E-state index in [-0.39, 0.29) is 6.04 Å². The molecule has 0 saturated heterocycles. The maximum atomic E-state index is 9.92. The zero-order valence-electron chi connectivity index (χ0n) is 5.66. The van der Waals surface area contributed by atoms with E-state index in [0.717, 1.165) is 6.42 Å². The van der Waals surface area contributed by atoms with Crippen LogP contribution in [0.4, 0.5) is 0 Å². The lowest BCUT2D eigenvalue weighted by Gasteiger charge is -2.09. The summed E-state index contributed by atoms with van der Waals surface area (Å²) < 4.78 is 0. The molecule has 0 unspecified atom stereocenters. The van der Waals surface area contributed by atoms with E-state index in [1.807, 2.05) is 0 Å². The molecule has 2 heteroatoms. The molecule has 2 aliphatic rings. The van der Waals surface area contributed by atoms with Crippen molar-refractivity contribution in [2.45, 2.75) is 18.9 Å². The molecular formula is C8H9NO. The highest BCUT2D eigenvalue weighted by Crippen LogP contribution is 2.40. The third kappa shape index (κ3) is 0.729. The monoisotopic (exact) mass is 135 g/mol. The number of allylic oxidation sites excluding steroid dienone is 1. The number of carbonyl (C=O) groups excluding carboxylic acids is 1. The Morgan fingerprint density at radius 1 is 1.40 bits per heavy atom. The molecule has 2 rings (SSSR count). The third-order valence-electron chi connectivity index (χ3n) is 2.46. The van der Waals surface area contributed by atoms with Crippen LogP contribution >= 0.6 is 0 Å². The molecule has 0 aliphatic heterocycles. The van der Waals surface area contributed by atoms with Crippen molar-refractivity contribution < 1.29 is 4.79 Å². The predicted octanol–water partition coefficient (Wildman–Crippen LogP) is 1.29. The van der Waals surface area contributed by atoms with E-state index >= 15 is 0 Å². The third-order valence-corrected chi connectivity index (χ3v) is 2.46. The summed E-state index contributed by atoms with van der Waals surface area (Å²) in [5, 5.41) is 0. The van der Waals surface area contributed by atoms with Crippen LogP contribution in [0.3, 0.4) is 0 Å². The van der Waals surface area contributed by atoms with Crippen molar-refractivity contribution in [1.29, 1.82) is 0 Å².